The van der Waals surface area contributed by atoms with Gasteiger partial charge in [-0.3, -0.25) is 0 Å². The molecule has 0 radical (unpaired) electrons. The Labute approximate surface area is 390 Å². The zero-order valence-electron chi connectivity index (χ0n) is 45.8. The lowest BCUT2D eigenvalue weighted by Gasteiger charge is -2.39. The van der Waals surface area contributed by atoms with Crippen LogP contribution in [0.3, 0.4) is 0 Å². The lowest BCUT2D eigenvalue weighted by molar-refractivity contribution is 0.00952. The van der Waals surface area contributed by atoms with E-state index >= 15 is 0 Å². The molecule has 3 nitrogen and oxygen atoms in total. The maximum atomic E-state index is 9.13. The van der Waals surface area contributed by atoms with Crippen LogP contribution in [0.15, 0.2) is 62.6 Å². The van der Waals surface area contributed by atoms with Gasteiger partial charge in [-0.2, -0.15) is 0 Å². The molecule has 0 aromatic carbocycles. The highest BCUT2D eigenvalue weighted by Crippen LogP contribution is 2.23. The minimum absolute atomic E-state index is 0.326. The molecule has 0 amide bonds. The third kappa shape index (κ3) is 67.5. The van der Waals surface area contributed by atoms with E-state index in [1.807, 2.05) is 13.8 Å². The molecule has 0 fully saturated rings. The van der Waals surface area contributed by atoms with Crippen LogP contribution in [-0.4, -0.2) is 35.3 Å². The maximum Gasteiger partial charge on any atom is 0.0851 e. The van der Waals surface area contributed by atoms with E-state index in [0.29, 0.717) is 11.8 Å². The van der Waals surface area contributed by atoms with Crippen molar-refractivity contribution in [2.75, 3.05) is 14.1 Å². The number of hydrazine groups is 1. The fraction of sp³-hybridized carbons (Fsp3) is 0.828. The van der Waals surface area contributed by atoms with Gasteiger partial charge in [-0.05, 0) is 82.5 Å². The fourth-order valence-electron chi connectivity index (χ4n) is 6.60. The highest BCUT2D eigenvalue weighted by Gasteiger charge is 2.20. The summed E-state index contributed by atoms with van der Waals surface area (Å²) in [6.45, 7) is 52.5. The van der Waals surface area contributed by atoms with Gasteiger partial charge in [0.25, 0.3) is 0 Å². The Bertz CT molecular complexity index is 818. The van der Waals surface area contributed by atoms with Crippen LogP contribution in [0.4, 0.5) is 0 Å². The van der Waals surface area contributed by atoms with Crippen LogP contribution in [0, 0.1) is 17.8 Å². The highest BCUT2D eigenvalue weighted by atomic mass is 16.3. The Morgan fingerprint density at radius 2 is 0.934 bits per heavy atom. The van der Waals surface area contributed by atoms with Gasteiger partial charge < -0.3 is 10.1 Å². The van der Waals surface area contributed by atoms with Crippen molar-refractivity contribution in [1.82, 2.24) is 10.0 Å². The largest absolute Gasteiger partial charge is 0.513 e. The molecule has 0 aliphatic carbocycles. The molecule has 0 aliphatic heterocycles. The molecule has 0 heterocycles. The standard InChI is InChI=1S/C27H52N2O.C11H22.C8H18.C5H12.C3H8.C2H6.C2H4/c1-8-27(23-19-15-10-9-14-18-22-26(5)30)29(28(6)7)25(4)21-17-13-11-12-16-20-24(2)3;1-4-7-9-11(6-3)10-8-5-2;1-4-7-8(5-2)6-3;1-4-5(2)3;1-3-2;2*1-2/h27,30H,2,4-5,8-23H2,1,3,6-7H3;6,11H,3-5,7-10H2,1-2H3;8H,4-7H2,1-3H3;5H,4H2,1-3H3;3H2,1-2H3;1-2H3;1-2H2. The first kappa shape index (κ1) is 73.6. The summed E-state index contributed by atoms with van der Waals surface area (Å²) in [6.07, 6.45) is 37.6. The first-order chi connectivity index (χ1) is 29.2. The van der Waals surface area contributed by atoms with Crippen LogP contribution in [0.2, 0.25) is 0 Å². The molecular formula is C58H122N2O. The SMILES string of the molecule is C=C.C=C(C)CCCCCCCC(=C)N(C(CC)CCCCCCCCC(=C)O)N(C)C.C=CC(CCCC)CCCC.CC.CCC.CCC(C)C.CCCC(CC)CC. The van der Waals surface area contributed by atoms with Crippen LogP contribution in [-0.2, 0) is 0 Å². The van der Waals surface area contributed by atoms with Gasteiger partial charge in [0, 0.05) is 32.3 Å². The van der Waals surface area contributed by atoms with E-state index in [1.54, 1.807) is 0 Å². The molecule has 1 N–H and O–H groups in total. The number of rotatable bonds is 33. The smallest absolute Gasteiger partial charge is 0.0851 e. The molecule has 370 valence electrons. The van der Waals surface area contributed by atoms with E-state index in [0.717, 1.165) is 43.4 Å². The van der Waals surface area contributed by atoms with E-state index in [2.05, 4.69) is 153 Å². The van der Waals surface area contributed by atoms with E-state index in [1.165, 1.54) is 165 Å². The summed E-state index contributed by atoms with van der Waals surface area (Å²) < 4.78 is 0. The molecule has 61 heavy (non-hydrogen) atoms. The Kier molecular flexibility index (Phi) is 78.3. The van der Waals surface area contributed by atoms with Gasteiger partial charge in [0.1, 0.15) is 0 Å². The normalized spacial score (nSPS) is 10.5. The molecule has 3 heteroatoms. The molecule has 0 aromatic rings. The molecule has 0 aliphatic rings. The van der Waals surface area contributed by atoms with E-state index in [-0.39, 0.29) is 0 Å². The molecule has 0 bridgehead atoms. The van der Waals surface area contributed by atoms with Crippen LogP contribution in [0.5, 0.6) is 0 Å². The second-order valence-corrected chi connectivity index (χ2v) is 17.5. The third-order valence-electron chi connectivity index (χ3n) is 10.8. The number of hydrogen-bond donors (Lipinski definition) is 1. The van der Waals surface area contributed by atoms with Crippen molar-refractivity contribution in [3.05, 3.63) is 62.6 Å². The first-order valence-corrected chi connectivity index (χ1v) is 26.4. The Hall–Kier alpha value is -1.74. The minimum Gasteiger partial charge on any atom is -0.513 e. The van der Waals surface area contributed by atoms with Crippen molar-refractivity contribution in [2.45, 2.75) is 283 Å². The average Bonchev–Trinajstić information content (AvgIpc) is 3.24. The van der Waals surface area contributed by atoms with Crippen LogP contribution in [0.1, 0.15) is 277 Å². The van der Waals surface area contributed by atoms with Gasteiger partial charge in [-0.25, -0.2) is 5.01 Å². The number of aliphatic hydroxyl groups excluding tert-OH is 1. The van der Waals surface area contributed by atoms with Gasteiger partial charge in [0.05, 0.1) is 5.76 Å². The van der Waals surface area contributed by atoms with E-state index in [4.69, 9.17) is 5.11 Å². The predicted molar refractivity (Wildman–Crippen MR) is 290 cm³/mol. The Balaban J connectivity index is -0.000000152. The van der Waals surface area contributed by atoms with Gasteiger partial charge in [-0.1, -0.05) is 230 Å². The monoisotopic (exact) mass is 863 g/mol. The van der Waals surface area contributed by atoms with Gasteiger partial charge in [-0.15, -0.1) is 26.3 Å². The number of aliphatic hydroxyl groups is 1. The second-order valence-electron chi connectivity index (χ2n) is 17.5. The summed E-state index contributed by atoms with van der Waals surface area (Å²) in [5.74, 6) is 3.00. The number of allylic oxidation sites excluding steroid dienone is 4. The first-order valence-electron chi connectivity index (χ1n) is 26.4. The zero-order valence-corrected chi connectivity index (χ0v) is 45.8. The maximum absolute atomic E-state index is 9.13. The summed E-state index contributed by atoms with van der Waals surface area (Å²) in [5, 5.41) is 13.8. The fourth-order valence-corrected chi connectivity index (χ4v) is 6.60. The van der Waals surface area contributed by atoms with Gasteiger partial charge in [0.15, 0.2) is 0 Å². The molecule has 1 atom stereocenters. The van der Waals surface area contributed by atoms with Gasteiger partial charge >= 0.3 is 0 Å². The summed E-state index contributed by atoms with van der Waals surface area (Å²) in [5.41, 5.74) is 2.58. The van der Waals surface area contributed by atoms with Crippen molar-refractivity contribution in [3.63, 3.8) is 0 Å². The predicted octanol–water partition coefficient (Wildman–Crippen LogP) is 21.2. The summed E-state index contributed by atoms with van der Waals surface area (Å²) >= 11 is 0. The van der Waals surface area contributed by atoms with Gasteiger partial charge in [0.2, 0.25) is 0 Å². The third-order valence-corrected chi connectivity index (χ3v) is 10.8. The molecule has 0 spiro atoms. The van der Waals surface area contributed by atoms with Crippen LogP contribution < -0.4 is 0 Å². The summed E-state index contributed by atoms with van der Waals surface area (Å²) in [4.78, 5) is 0. The van der Waals surface area contributed by atoms with Crippen LogP contribution in [0.25, 0.3) is 0 Å². The zero-order chi connectivity index (χ0) is 48.7. The molecular weight excluding hydrogens is 741 g/mol. The number of unbranched alkanes of at least 4 members (excludes halogenated alkanes) is 11. The molecule has 1 unspecified atom stereocenters. The Morgan fingerprint density at radius 3 is 1.23 bits per heavy atom. The molecule has 0 aromatic heterocycles. The lowest BCUT2D eigenvalue weighted by atomic mass is 9.96. The highest BCUT2D eigenvalue weighted by molar-refractivity contribution is 4.95. The van der Waals surface area contributed by atoms with Crippen molar-refractivity contribution in [1.29, 1.82) is 0 Å². The number of nitrogens with zero attached hydrogens (tertiary/aromatic N) is 2. The molecule has 0 saturated carbocycles. The minimum atomic E-state index is 0.326. The van der Waals surface area contributed by atoms with Crippen molar-refractivity contribution < 1.29 is 5.11 Å². The van der Waals surface area contributed by atoms with Crippen molar-refractivity contribution >= 4 is 0 Å². The van der Waals surface area contributed by atoms with Crippen molar-refractivity contribution in [2.24, 2.45) is 17.8 Å². The molecule has 0 saturated heterocycles. The quantitative estimate of drug-likeness (QED) is 0.0308. The van der Waals surface area contributed by atoms with Crippen LogP contribution >= 0.6 is 0 Å². The second kappa shape index (κ2) is 64.9. The summed E-state index contributed by atoms with van der Waals surface area (Å²) in [6, 6.07) is 0.556. The number of hydrogen-bond acceptors (Lipinski definition) is 3. The van der Waals surface area contributed by atoms with Crippen molar-refractivity contribution in [3.8, 4) is 0 Å². The Morgan fingerprint density at radius 1 is 0.541 bits per heavy atom. The lowest BCUT2D eigenvalue weighted by Crippen LogP contribution is -2.43. The topological polar surface area (TPSA) is 26.7 Å². The molecule has 0 rings (SSSR count). The van der Waals surface area contributed by atoms with E-state index < -0.39 is 0 Å². The summed E-state index contributed by atoms with van der Waals surface area (Å²) in [7, 11) is 4.31. The average molecular weight is 864 g/mol. The van der Waals surface area contributed by atoms with E-state index in [9.17, 15) is 0 Å².